The molecule has 1 aliphatic carbocycles. The fourth-order valence-corrected chi connectivity index (χ4v) is 10.1. The molecule has 1 aromatic carbocycles. The highest BCUT2D eigenvalue weighted by Crippen LogP contribution is 2.59. The van der Waals surface area contributed by atoms with E-state index in [-0.39, 0.29) is 33.5 Å². The van der Waals surface area contributed by atoms with Crippen molar-refractivity contribution in [3.63, 3.8) is 0 Å². The Morgan fingerprint density at radius 2 is 1.85 bits per heavy atom. The van der Waals surface area contributed by atoms with E-state index in [4.69, 9.17) is 9.15 Å². The number of benzene rings is 1. The van der Waals surface area contributed by atoms with Crippen molar-refractivity contribution in [2.45, 2.75) is 61.7 Å². The molecule has 2 aliphatic heterocycles. The summed E-state index contributed by atoms with van der Waals surface area (Å²) in [5.41, 5.74) is 1.26. The van der Waals surface area contributed by atoms with Crippen molar-refractivity contribution < 1.29 is 13.9 Å². The van der Waals surface area contributed by atoms with E-state index in [1.165, 1.54) is 12.0 Å². The predicted octanol–water partition coefficient (Wildman–Crippen LogP) is 6.38. The first kappa shape index (κ1) is 24.3. The highest BCUT2D eigenvalue weighted by Gasteiger charge is 2.60. The number of likely N-dealkylation sites (N-methyl/N-ethyl adjacent to an activating group) is 1. The number of hydrogen-bond donors (Lipinski definition) is 0. The summed E-state index contributed by atoms with van der Waals surface area (Å²) in [6.07, 6.45) is 4.86. The van der Waals surface area contributed by atoms with Gasteiger partial charge < -0.3 is 9.15 Å². The third kappa shape index (κ3) is 4.24. The van der Waals surface area contributed by atoms with Crippen LogP contribution in [0.5, 0.6) is 0 Å². The second-order valence-corrected chi connectivity index (χ2v) is 13.8. The average Bonchev–Trinajstić information content (AvgIpc) is 3.57. The van der Waals surface area contributed by atoms with Crippen molar-refractivity contribution in [2.75, 3.05) is 25.1 Å². The van der Waals surface area contributed by atoms with Crippen LogP contribution in [-0.4, -0.2) is 46.3 Å². The van der Waals surface area contributed by atoms with Crippen molar-refractivity contribution in [2.24, 2.45) is 17.8 Å². The Bertz CT molecular complexity index is 971. The predicted molar refractivity (Wildman–Crippen MR) is 141 cm³/mol. The lowest BCUT2D eigenvalue weighted by Gasteiger charge is -2.44. The van der Waals surface area contributed by atoms with Crippen molar-refractivity contribution in [1.82, 2.24) is 4.90 Å². The Balaban J connectivity index is 1.44. The topological polar surface area (TPSA) is 42.7 Å². The van der Waals surface area contributed by atoms with Gasteiger partial charge in [-0.2, -0.15) is 0 Å². The van der Waals surface area contributed by atoms with Crippen LogP contribution in [0.1, 0.15) is 57.3 Å². The molecule has 5 atom stereocenters. The van der Waals surface area contributed by atoms with Gasteiger partial charge in [0.05, 0.1) is 6.26 Å². The number of carbonyl (C=O) groups excluding carboxylic acids is 1. The molecule has 3 fully saturated rings. The summed E-state index contributed by atoms with van der Waals surface area (Å²) in [4.78, 5) is 16.5. The maximum absolute atomic E-state index is 14.1. The zero-order valence-electron chi connectivity index (χ0n) is 20.7. The molecule has 1 spiro atoms. The molecule has 0 radical (unpaired) electrons. The van der Waals surface area contributed by atoms with E-state index < -0.39 is 0 Å². The lowest BCUT2D eigenvalue weighted by atomic mass is 9.64. The summed E-state index contributed by atoms with van der Waals surface area (Å²) in [5, 5.41) is 0. The number of hydrogen-bond acceptors (Lipinski definition) is 6. The van der Waals surface area contributed by atoms with E-state index in [1.54, 1.807) is 6.26 Å². The molecule has 2 aromatic rings. The maximum atomic E-state index is 14.1. The van der Waals surface area contributed by atoms with Crippen molar-refractivity contribution in [3.8, 4) is 0 Å². The van der Waals surface area contributed by atoms with Gasteiger partial charge in [-0.1, -0.05) is 57.5 Å². The molecule has 0 N–H and O–H groups in total. The fourth-order valence-electron chi connectivity index (χ4n) is 6.50. The van der Waals surface area contributed by atoms with Crippen LogP contribution in [0.25, 0.3) is 0 Å². The largest absolute Gasteiger partial charge is 0.469 e. The highest BCUT2D eigenvalue weighted by atomic mass is 32.2. The molecule has 6 heteroatoms. The number of nitrogens with zero attached hydrogens (tertiary/aromatic N) is 1. The SMILES string of the molecule is C[C@@H]1CC[C@@H](C(C)(C)c2ccccc2)[C@H](OC(=O)[C@H]2[C@@H](c3ccco3)CN(C)C23SCCS3)C1. The molecule has 4 nitrogen and oxygen atoms in total. The number of ether oxygens (including phenoxy) is 1. The van der Waals surface area contributed by atoms with Gasteiger partial charge in [0.15, 0.2) is 0 Å². The third-order valence-electron chi connectivity index (χ3n) is 8.43. The molecule has 3 heterocycles. The van der Waals surface area contributed by atoms with Crippen LogP contribution >= 0.6 is 23.5 Å². The molecule has 2 saturated heterocycles. The van der Waals surface area contributed by atoms with Gasteiger partial charge in [0.25, 0.3) is 0 Å². The van der Waals surface area contributed by atoms with Crippen LogP contribution in [0.4, 0.5) is 0 Å². The van der Waals surface area contributed by atoms with Gasteiger partial charge in [-0.25, -0.2) is 0 Å². The van der Waals surface area contributed by atoms with Crippen LogP contribution in [0.3, 0.4) is 0 Å². The average molecular weight is 500 g/mol. The van der Waals surface area contributed by atoms with Crippen LogP contribution < -0.4 is 0 Å². The Hall–Kier alpha value is -1.37. The summed E-state index contributed by atoms with van der Waals surface area (Å²) >= 11 is 3.82. The smallest absolute Gasteiger partial charge is 0.313 e. The van der Waals surface area contributed by atoms with E-state index in [0.717, 1.165) is 36.7 Å². The van der Waals surface area contributed by atoms with Gasteiger partial charge in [0.1, 0.15) is 22.0 Å². The summed E-state index contributed by atoms with van der Waals surface area (Å²) in [5.74, 6) is 3.64. The zero-order chi connectivity index (χ0) is 23.9. The summed E-state index contributed by atoms with van der Waals surface area (Å²) in [6, 6.07) is 14.7. The summed E-state index contributed by atoms with van der Waals surface area (Å²) in [7, 11) is 2.15. The van der Waals surface area contributed by atoms with Gasteiger partial charge in [-0.3, -0.25) is 9.69 Å². The number of likely N-dealkylation sites (tertiary alicyclic amines) is 1. The molecular weight excluding hydrogens is 462 g/mol. The summed E-state index contributed by atoms with van der Waals surface area (Å²) < 4.78 is 12.2. The minimum absolute atomic E-state index is 0.0206. The van der Waals surface area contributed by atoms with Gasteiger partial charge in [-0.15, -0.1) is 23.5 Å². The van der Waals surface area contributed by atoms with Crippen LogP contribution in [-0.2, 0) is 14.9 Å². The van der Waals surface area contributed by atoms with E-state index in [2.05, 4.69) is 63.1 Å². The summed E-state index contributed by atoms with van der Waals surface area (Å²) in [6.45, 7) is 7.75. The van der Waals surface area contributed by atoms with Crippen LogP contribution in [0.15, 0.2) is 53.1 Å². The van der Waals surface area contributed by atoms with E-state index in [1.807, 2.05) is 35.7 Å². The first-order valence-corrected chi connectivity index (χ1v) is 14.6. The van der Waals surface area contributed by atoms with Crippen molar-refractivity contribution in [3.05, 3.63) is 60.1 Å². The third-order valence-corrected chi connectivity index (χ3v) is 12.2. The van der Waals surface area contributed by atoms with Crippen molar-refractivity contribution in [1.29, 1.82) is 0 Å². The molecule has 184 valence electrons. The molecule has 1 aromatic heterocycles. The van der Waals surface area contributed by atoms with Gasteiger partial charge in [-0.05, 0) is 48.9 Å². The first-order chi connectivity index (χ1) is 16.3. The van der Waals surface area contributed by atoms with E-state index in [0.29, 0.717) is 11.8 Å². The molecule has 0 bridgehead atoms. The number of thioether (sulfide) groups is 2. The molecule has 1 saturated carbocycles. The monoisotopic (exact) mass is 499 g/mol. The molecular formula is C28H37NO3S2. The van der Waals surface area contributed by atoms with Crippen LogP contribution in [0.2, 0.25) is 0 Å². The number of esters is 1. The Morgan fingerprint density at radius 3 is 2.53 bits per heavy atom. The second-order valence-electron chi connectivity index (χ2n) is 10.9. The molecule has 3 aliphatic rings. The van der Waals surface area contributed by atoms with Gasteiger partial charge in [0, 0.05) is 29.9 Å². The Kier molecular flexibility index (Phi) is 6.86. The molecule has 34 heavy (non-hydrogen) atoms. The maximum Gasteiger partial charge on any atom is 0.313 e. The van der Waals surface area contributed by atoms with E-state index >= 15 is 0 Å². The minimum atomic E-state index is -0.265. The minimum Gasteiger partial charge on any atom is -0.469 e. The lowest BCUT2D eigenvalue weighted by Crippen LogP contribution is -2.47. The molecule has 0 amide bonds. The second kappa shape index (κ2) is 9.59. The molecule has 5 rings (SSSR count). The number of rotatable bonds is 5. The first-order valence-electron chi connectivity index (χ1n) is 12.6. The quantitative estimate of drug-likeness (QED) is 0.445. The van der Waals surface area contributed by atoms with Gasteiger partial charge in [0.2, 0.25) is 0 Å². The number of carbonyl (C=O) groups is 1. The lowest BCUT2D eigenvalue weighted by molar-refractivity contribution is -0.162. The Morgan fingerprint density at radius 1 is 1.12 bits per heavy atom. The molecule has 0 unspecified atom stereocenters. The van der Waals surface area contributed by atoms with Gasteiger partial charge >= 0.3 is 5.97 Å². The zero-order valence-corrected chi connectivity index (χ0v) is 22.4. The number of furan rings is 1. The van der Waals surface area contributed by atoms with Crippen LogP contribution in [0, 0.1) is 17.8 Å². The normalized spacial score (nSPS) is 31.7. The Labute approximate surface area is 212 Å². The highest BCUT2D eigenvalue weighted by molar-refractivity contribution is 8.21. The fraction of sp³-hybridized carbons (Fsp3) is 0.607. The van der Waals surface area contributed by atoms with Crippen molar-refractivity contribution >= 4 is 29.5 Å². The van der Waals surface area contributed by atoms with E-state index in [9.17, 15) is 4.79 Å². The standard InChI is InChI=1S/C28H37NO3S2/c1-19-12-13-22(27(2,3)20-9-6-5-7-10-20)24(17-19)32-26(30)25-21(23-11-8-14-31-23)18-29(4)28(25)33-15-16-34-28/h5-11,14,19,21-22,24-25H,12-13,15-18H2,1-4H3/t19-,21-,22-,24-,25-/m1/s1.